The third-order valence-electron chi connectivity index (χ3n) is 11.8. The summed E-state index contributed by atoms with van der Waals surface area (Å²) in [6, 6.07) is 69.9. The van der Waals surface area contributed by atoms with Crippen molar-refractivity contribution in [3.8, 4) is 22.3 Å². The maximum absolute atomic E-state index is 6.82. The Labute approximate surface area is 363 Å². The molecular formula is C60H45NO. The zero-order valence-electron chi connectivity index (χ0n) is 34.7. The van der Waals surface area contributed by atoms with Crippen molar-refractivity contribution in [1.29, 1.82) is 0 Å². The predicted molar refractivity (Wildman–Crippen MR) is 266 cm³/mol. The number of nitrogens with zero attached hydrogens (tertiary/aromatic N) is 1. The molecule has 0 bridgehead atoms. The van der Waals surface area contributed by atoms with Crippen molar-refractivity contribution in [2.75, 3.05) is 4.90 Å². The first-order chi connectivity index (χ1) is 30.7. The van der Waals surface area contributed by atoms with E-state index in [0.717, 1.165) is 67.7 Å². The van der Waals surface area contributed by atoms with Crippen molar-refractivity contribution in [1.82, 2.24) is 0 Å². The van der Waals surface area contributed by atoms with Crippen LogP contribution in [0.1, 0.15) is 23.8 Å². The zero-order valence-corrected chi connectivity index (χ0v) is 34.7. The fourth-order valence-corrected chi connectivity index (χ4v) is 8.88. The van der Waals surface area contributed by atoms with Crippen LogP contribution >= 0.6 is 0 Å². The minimum atomic E-state index is 0.788. The lowest BCUT2D eigenvalue weighted by atomic mass is 9.94. The summed E-state index contributed by atoms with van der Waals surface area (Å²) in [4.78, 5) is 2.39. The molecule has 10 rings (SSSR count). The third-order valence-corrected chi connectivity index (χ3v) is 11.8. The number of benzene rings is 9. The lowest BCUT2D eigenvalue weighted by molar-refractivity contribution is 0.603. The van der Waals surface area contributed by atoms with Crippen LogP contribution in [0.2, 0.25) is 0 Å². The van der Waals surface area contributed by atoms with E-state index in [4.69, 9.17) is 4.42 Å². The van der Waals surface area contributed by atoms with Crippen molar-refractivity contribution in [2.24, 2.45) is 0 Å². The average molecular weight is 796 g/mol. The molecule has 62 heavy (non-hydrogen) atoms. The van der Waals surface area contributed by atoms with E-state index < -0.39 is 0 Å². The number of fused-ring (bicyclic) bond motifs is 6. The van der Waals surface area contributed by atoms with Gasteiger partial charge in [-0.25, -0.2) is 0 Å². The van der Waals surface area contributed by atoms with Crippen LogP contribution in [-0.4, -0.2) is 0 Å². The van der Waals surface area contributed by atoms with Crippen LogP contribution in [0.5, 0.6) is 0 Å². The Bertz CT molecular complexity index is 3340. The summed E-state index contributed by atoms with van der Waals surface area (Å²) in [6.45, 7) is 6.22. The van der Waals surface area contributed by atoms with Gasteiger partial charge in [0.25, 0.3) is 0 Å². The van der Waals surface area contributed by atoms with Crippen LogP contribution in [-0.2, 0) is 6.42 Å². The zero-order chi connectivity index (χ0) is 41.8. The van der Waals surface area contributed by atoms with Crippen molar-refractivity contribution in [3.05, 3.63) is 254 Å². The highest BCUT2D eigenvalue weighted by Crippen LogP contribution is 2.44. The standard InChI is InChI=1S/C60H45NO/c1-3-5-6-8-21-45-34-38-49(41-57(45)42-19-9-7-10-20-42)61(48-36-32-46(33-37-48)51-27-17-28-53-50-24-13-11-22-43(50)35-39-54(51)53)58-29-16-15-26-55(58)56(18-4-2)59-40-47-31-30-44-23-12-14-25-52(44)60(47)62-59/h3-20,22-41H,2,21H2,1H3/b5-3-,8-6-,56-18-. The largest absolute Gasteiger partial charge is 0.455 e. The number of anilines is 3. The van der Waals surface area contributed by atoms with E-state index in [-0.39, 0.29) is 0 Å². The topological polar surface area (TPSA) is 16.4 Å². The van der Waals surface area contributed by atoms with E-state index >= 15 is 0 Å². The van der Waals surface area contributed by atoms with Gasteiger partial charge in [-0.05, 0) is 104 Å². The van der Waals surface area contributed by atoms with E-state index in [1.54, 1.807) is 0 Å². The highest BCUT2D eigenvalue weighted by atomic mass is 16.3. The summed E-state index contributed by atoms with van der Waals surface area (Å²) < 4.78 is 6.82. The Hall–Kier alpha value is -7.94. The second-order valence-electron chi connectivity index (χ2n) is 15.6. The Morgan fingerprint density at radius 1 is 0.532 bits per heavy atom. The molecule has 0 fully saturated rings. The molecule has 0 aliphatic carbocycles. The van der Waals surface area contributed by atoms with Crippen LogP contribution in [0.25, 0.3) is 71.1 Å². The summed E-state index contributed by atoms with van der Waals surface area (Å²) in [6.07, 6.45) is 13.2. The smallest absolute Gasteiger partial charge is 0.142 e. The van der Waals surface area contributed by atoms with Gasteiger partial charge >= 0.3 is 0 Å². The lowest BCUT2D eigenvalue weighted by Crippen LogP contribution is -2.12. The van der Waals surface area contributed by atoms with Gasteiger partial charge < -0.3 is 9.32 Å². The second-order valence-corrected chi connectivity index (χ2v) is 15.6. The van der Waals surface area contributed by atoms with Gasteiger partial charge in [-0.2, -0.15) is 0 Å². The molecule has 0 aliphatic heterocycles. The molecule has 0 N–H and O–H groups in total. The minimum absolute atomic E-state index is 0.788. The molecule has 0 amide bonds. The van der Waals surface area contributed by atoms with E-state index in [9.17, 15) is 0 Å². The van der Waals surface area contributed by atoms with Gasteiger partial charge in [0, 0.05) is 33.3 Å². The van der Waals surface area contributed by atoms with Gasteiger partial charge in [-0.3, -0.25) is 0 Å². The SMILES string of the molecule is C=C/C=C(\c1cc2ccc3ccccc3c2o1)c1ccccc1N(c1ccc(-c2cccc3c2ccc2ccccc23)cc1)c1ccc(C/C=C\C=C/C)c(-c2ccccc2)c1. The number of hydrogen-bond acceptors (Lipinski definition) is 2. The van der Waals surface area contributed by atoms with Gasteiger partial charge in [0.15, 0.2) is 0 Å². The summed E-state index contributed by atoms with van der Waals surface area (Å²) in [5, 5.41) is 8.32. The molecule has 1 aromatic heterocycles. The lowest BCUT2D eigenvalue weighted by Gasteiger charge is -2.29. The molecule has 0 atom stereocenters. The number of hydrogen-bond donors (Lipinski definition) is 0. The molecule has 10 aromatic rings. The van der Waals surface area contributed by atoms with Crippen molar-refractivity contribution in [3.63, 3.8) is 0 Å². The van der Waals surface area contributed by atoms with E-state index in [0.29, 0.717) is 0 Å². The summed E-state index contributed by atoms with van der Waals surface area (Å²) in [5.41, 5.74) is 12.0. The quantitative estimate of drug-likeness (QED) is 0.0958. The van der Waals surface area contributed by atoms with Gasteiger partial charge in [-0.1, -0.05) is 201 Å². The normalized spacial score (nSPS) is 12.0. The van der Waals surface area contributed by atoms with Crippen LogP contribution < -0.4 is 4.90 Å². The van der Waals surface area contributed by atoms with Crippen molar-refractivity contribution < 1.29 is 4.42 Å². The van der Waals surface area contributed by atoms with E-state index in [1.807, 2.05) is 13.0 Å². The van der Waals surface area contributed by atoms with Crippen LogP contribution in [0, 0.1) is 0 Å². The molecule has 1 heterocycles. The van der Waals surface area contributed by atoms with Gasteiger partial charge in [0.2, 0.25) is 0 Å². The number of rotatable bonds is 11. The number of para-hydroxylation sites is 1. The van der Waals surface area contributed by atoms with Crippen molar-refractivity contribution in [2.45, 2.75) is 13.3 Å². The maximum atomic E-state index is 6.82. The van der Waals surface area contributed by atoms with Crippen molar-refractivity contribution >= 4 is 65.9 Å². The first kappa shape index (κ1) is 38.3. The van der Waals surface area contributed by atoms with Crippen LogP contribution in [0.4, 0.5) is 17.1 Å². The Morgan fingerprint density at radius 2 is 1.21 bits per heavy atom. The fraction of sp³-hybridized carbons (Fsp3) is 0.0333. The molecule has 0 saturated heterocycles. The van der Waals surface area contributed by atoms with Crippen LogP contribution in [0.15, 0.2) is 242 Å². The molecule has 0 spiro atoms. The third kappa shape index (κ3) is 7.23. The molecule has 9 aromatic carbocycles. The maximum Gasteiger partial charge on any atom is 0.142 e. The highest BCUT2D eigenvalue weighted by Gasteiger charge is 2.22. The first-order valence-electron chi connectivity index (χ1n) is 21.3. The number of furan rings is 1. The molecule has 2 heteroatoms. The molecule has 0 unspecified atom stereocenters. The summed E-state index contributed by atoms with van der Waals surface area (Å²) in [7, 11) is 0. The van der Waals surface area contributed by atoms with Gasteiger partial charge in [0.05, 0.1) is 5.69 Å². The molecule has 0 aliphatic rings. The molecule has 2 nitrogen and oxygen atoms in total. The fourth-order valence-electron chi connectivity index (χ4n) is 8.88. The molecule has 0 radical (unpaired) electrons. The summed E-state index contributed by atoms with van der Waals surface area (Å²) >= 11 is 0. The Morgan fingerprint density at radius 3 is 2.03 bits per heavy atom. The summed E-state index contributed by atoms with van der Waals surface area (Å²) in [5.74, 6) is 0.788. The average Bonchev–Trinajstić information content (AvgIpc) is 3.78. The molecule has 296 valence electrons. The van der Waals surface area contributed by atoms with E-state index in [1.165, 1.54) is 43.8 Å². The minimum Gasteiger partial charge on any atom is -0.455 e. The second kappa shape index (κ2) is 17.0. The predicted octanol–water partition coefficient (Wildman–Crippen LogP) is 17.0. The van der Waals surface area contributed by atoms with Crippen LogP contribution in [0.3, 0.4) is 0 Å². The van der Waals surface area contributed by atoms with E-state index in [2.05, 4.69) is 236 Å². The van der Waals surface area contributed by atoms with Gasteiger partial charge in [0.1, 0.15) is 11.3 Å². The number of allylic oxidation sites excluding steroid dienone is 6. The highest BCUT2D eigenvalue weighted by molar-refractivity contribution is 6.12. The molecular weight excluding hydrogens is 751 g/mol. The monoisotopic (exact) mass is 795 g/mol. The first-order valence-corrected chi connectivity index (χ1v) is 21.3. The molecule has 0 saturated carbocycles. The van der Waals surface area contributed by atoms with Gasteiger partial charge in [-0.15, -0.1) is 0 Å². The Kier molecular flexibility index (Phi) is 10.5. The Balaban J connectivity index is 1.15.